The molecule has 2 aromatic rings. The average molecular weight is 393 g/mol. The fourth-order valence-electron chi connectivity index (χ4n) is 3.17. The number of anilines is 1. The van der Waals surface area contributed by atoms with E-state index < -0.39 is 20.8 Å². The van der Waals surface area contributed by atoms with Gasteiger partial charge in [0.1, 0.15) is 10.7 Å². The largest absolute Gasteiger partial charge is 0.369 e. The van der Waals surface area contributed by atoms with Crippen LogP contribution in [0.15, 0.2) is 47.4 Å². The lowest BCUT2D eigenvalue weighted by Gasteiger charge is -2.25. The molecule has 0 N–H and O–H groups in total. The van der Waals surface area contributed by atoms with Gasteiger partial charge in [-0.15, -0.1) is 0 Å². The fourth-order valence-corrected chi connectivity index (χ4v) is 4.95. The molecule has 1 fully saturated rings. The maximum atomic E-state index is 14.0. The van der Waals surface area contributed by atoms with Gasteiger partial charge in [-0.25, -0.2) is 12.8 Å². The van der Waals surface area contributed by atoms with Crippen molar-refractivity contribution in [1.29, 1.82) is 0 Å². The summed E-state index contributed by atoms with van der Waals surface area (Å²) in [6, 6.07) is 9.98. The van der Waals surface area contributed by atoms with Gasteiger partial charge in [0.2, 0.25) is 10.0 Å². The Hall–Kier alpha value is -2.52. The van der Waals surface area contributed by atoms with Crippen LogP contribution in [0.4, 0.5) is 15.8 Å². The van der Waals surface area contributed by atoms with Crippen molar-refractivity contribution in [3.05, 3.63) is 64.0 Å². The minimum atomic E-state index is -3.88. The number of halogens is 1. The van der Waals surface area contributed by atoms with Crippen LogP contribution in [0.5, 0.6) is 0 Å². The van der Waals surface area contributed by atoms with Crippen molar-refractivity contribution in [3.63, 3.8) is 0 Å². The third kappa shape index (κ3) is 3.93. The van der Waals surface area contributed by atoms with Gasteiger partial charge >= 0.3 is 0 Å². The summed E-state index contributed by atoms with van der Waals surface area (Å²) < 4.78 is 41.4. The Kier molecular flexibility index (Phi) is 5.43. The lowest BCUT2D eigenvalue weighted by Crippen LogP contribution is -2.30. The summed E-state index contributed by atoms with van der Waals surface area (Å²) in [5, 5.41) is 11.2. The summed E-state index contributed by atoms with van der Waals surface area (Å²) in [5.74, 6) is -0.393. The van der Waals surface area contributed by atoms with Gasteiger partial charge < -0.3 is 4.90 Å². The van der Waals surface area contributed by atoms with Crippen LogP contribution in [0.3, 0.4) is 0 Å². The Balaban J connectivity index is 2.04. The normalized spacial score (nSPS) is 15.0. The van der Waals surface area contributed by atoms with Crippen molar-refractivity contribution >= 4 is 21.4 Å². The maximum Gasteiger partial charge on any atom is 0.270 e. The minimum absolute atomic E-state index is 0.127. The van der Waals surface area contributed by atoms with Crippen molar-refractivity contribution in [2.45, 2.75) is 24.3 Å². The predicted octanol–water partition coefficient (Wildman–Crippen LogP) is 3.15. The Morgan fingerprint density at radius 3 is 2.48 bits per heavy atom. The molecule has 1 aliphatic heterocycles. The van der Waals surface area contributed by atoms with Gasteiger partial charge in [0.05, 0.1) is 10.6 Å². The highest BCUT2D eigenvalue weighted by molar-refractivity contribution is 7.89. The van der Waals surface area contributed by atoms with E-state index in [1.807, 2.05) is 0 Å². The van der Waals surface area contributed by atoms with E-state index >= 15 is 0 Å². The first kappa shape index (κ1) is 19.2. The highest BCUT2D eigenvalue weighted by Crippen LogP contribution is 2.33. The number of rotatable bonds is 6. The fraction of sp³-hybridized carbons (Fsp3) is 0.333. The number of benzene rings is 2. The van der Waals surface area contributed by atoms with Gasteiger partial charge in [-0.1, -0.05) is 18.2 Å². The number of sulfonamides is 1. The molecule has 0 atom stereocenters. The van der Waals surface area contributed by atoms with Gasteiger partial charge in [0.25, 0.3) is 5.69 Å². The molecule has 0 unspecified atom stereocenters. The van der Waals surface area contributed by atoms with Crippen molar-refractivity contribution < 1.29 is 17.7 Å². The zero-order valence-corrected chi connectivity index (χ0v) is 15.7. The smallest absolute Gasteiger partial charge is 0.270 e. The first-order valence-corrected chi connectivity index (χ1v) is 9.98. The van der Waals surface area contributed by atoms with Crippen molar-refractivity contribution in [2.75, 3.05) is 25.0 Å². The van der Waals surface area contributed by atoms with Gasteiger partial charge in [-0.2, -0.15) is 4.31 Å². The van der Waals surface area contributed by atoms with E-state index in [1.165, 1.54) is 22.5 Å². The number of nitro groups is 1. The van der Waals surface area contributed by atoms with Crippen LogP contribution in [0, 0.1) is 15.9 Å². The Morgan fingerprint density at radius 2 is 1.85 bits per heavy atom. The summed E-state index contributed by atoms with van der Waals surface area (Å²) >= 11 is 0. The number of nitrogens with zero attached hydrogens (tertiary/aromatic N) is 3. The second-order valence-corrected chi connectivity index (χ2v) is 8.37. The lowest BCUT2D eigenvalue weighted by molar-refractivity contribution is -0.385. The molecule has 1 aliphatic rings. The van der Waals surface area contributed by atoms with Crippen molar-refractivity contribution in [1.82, 2.24) is 4.31 Å². The molecule has 9 heteroatoms. The van der Waals surface area contributed by atoms with Crippen molar-refractivity contribution in [2.24, 2.45) is 0 Å². The highest BCUT2D eigenvalue weighted by atomic mass is 32.2. The van der Waals surface area contributed by atoms with E-state index in [-0.39, 0.29) is 17.1 Å². The summed E-state index contributed by atoms with van der Waals surface area (Å²) in [4.78, 5) is 12.0. The van der Waals surface area contributed by atoms with Gasteiger partial charge in [-0.05, 0) is 25.0 Å². The van der Waals surface area contributed by atoms with E-state index in [0.717, 1.165) is 18.9 Å². The molecule has 7 nitrogen and oxygen atoms in total. The summed E-state index contributed by atoms with van der Waals surface area (Å²) in [5.41, 5.74) is 0.412. The van der Waals surface area contributed by atoms with E-state index in [4.69, 9.17) is 0 Å². The van der Waals surface area contributed by atoms with E-state index in [1.54, 1.807) is 30.1 Å². The molecule has 1 saturated heterocycles. The van der Waals surface area contributed by atoms with Gasteiger partial charge in [-0.3, -0.25) is 10.1 Å². The van der Waals surface area contributed by atoms with E-state index in [2.05, 4.69) is 0 Å². The average Bonchev–Trinajstić information content (AvgIpc) is 3.18. The van der Waals surface area contributed by atoms with E-state index in [0.29, 0.717) is 24.3 Å². The van der Waals surface area contributed by atoms with Crippen LogP contribution in [-0.2, 0) is 16.6 Å². The second kappa shape index (κ2) is 7.61. The maximum absolute atomic E-state index is 14.0. The molecular formula is C18H20FN3O4S. The highest BCUT2D eigenvalue weighted by Gasteiger charge is 2.32. The molecular weight excluding hydrogens is 373 g/mol. The number of non-ortho nitro benzene ring substituents is 1. The standard InChI is InChI=1S/C18H20FN3O4S/c1-20(13-14-6-2-3-7-16(14)19)17-9-8-15(22(23)24)12-18(17)27(25,26)21-10-4-5-11-21/h2-3,6-9,12H,4-5,10-11,13H2,1H3. The zero-order valence-electron chi connectivity index (χ0n) is 14.8. The summed E-state index contributed by atoms with van der Waals surface area (Å²) in [6.45, 7) is 0.913. The molecule has 0 aromatic heterocycles. The molecule has 0 spiro atoms. The molecule has 3 rings (SSSR count). The second-order valence-electron chi connectivity index (χ2n) is 6.47. The molecule has 0 aliphatic carbocycles. The Labute approximate surface area is 157 Å². The minimum Gasteiger partial charge on any atom is -0.369 e. The molecule has 0 radical (unpaired) electrons. The van der Waals surface area contributed by atoms with Gasteiger partial charge in [0, 0.05) is 44.4 Å². The topological polar surface area (TPSA) is 83.8 Å². The van der Waals surface area contributed by atoms with Crippen LogP contribution in [0.25, 0.3) is 0 Å². The summed E-state index contributed by atoms with van der Waals surface area (Å²) in [7, 11) is -2.24. The van der Waals surface area contributed by atoms with Crippen LogP contribution in [0.1, 0.15) is 18.4 Å². The SMILES string of the molecule is CN(Cc1ccccc1F)c1ccc([N+](=O)[O-])cc1S(=O)(=O)N1CCCC1. The monoisotopic (exact) mass is 393 g/mol. The molecule has 2 aromatic carbocycles. The molecule has 0 bridgehead atoms. The molecule has 0 amide bonds. The third-order valence-electron chi connectivity index (χ3n) is 4.61. The molecule has 27 heavy (non-hydrogen) atoms. The molecule has 144 valence electrons. The first-order valence-electron chi connectivity index (χ1n) is 8.54. The van der Waals surface area contributed by atoms with Crippen LogP contribution < -0.4 is 4.90 Å². The summed E-state index contributed by atoms with van der Waals surface area (Å²) in [6.07, 6.45) is 1.52. The number of nitro benzene ring substituents is 1. The van der Waals surface area contributed by atoms with Crippen LogP contribution in [0.2, 0.25) is 0 Å². The van der Waals surface area contributed by atoms with Crippen LogP contribution >= 0.6 is 0 Å². The van der Waals surface area contributed by atoms with E-state index in [9.17, 15) is 22.9 Å². The van der Waals surface area contributed by atoms with Gasteiger partial charge in [0.15, 0.2) is 0 Å². The predicted molar refractivity (Wildman–Crippen MR) is 99.6 cm³/mol. The quantitative estimate of drug-likeness (QED) is 0.556. The molecule has 0 saturated carbocycles. The Morgan fingerprint density at radius 1 is 1.19 bits per heavy atom. The van der Waals surface area contributed by atoms with Crippen molar-refractivity contribution in [3.8, 4) is 0 Å². The lowest BCUT2D eigenvalue weighted by atomic mass is 10.2. The molecule has 1 heterocycles. The van der Waals surface area contributed by atoms with Crippen LogP contribution in [-0.4, -0.2) is 37.8 Å². The third-order valence-corrected chi connectivity index (χ3v) is 6.54. The first-order chi connectivity index (χ1) is 12.8. The Bertz CT molecular complexity index is 959. The number of hydrogen-bond donors (Lipinski definition) is 0. The number of hydrogen-bond acceptors (Lipinski definition) is 5. The zero-order chi connectivity index (χ0) is 19.6.